The summed E-state index contributed by atoms with van der Waals surface area (Å²) in [5, 5.41) is 2.68. The Bertz CT molecular complexity index is 1630. The molecule has 0 atom stereocenters. The molecule has 196 valence electrons. The maximum atomic E-state index is 13.9. The standard InChI is InChI=1S/C30H23ClFN3O4/c1-18-15-21(16-26-28(36)33-30(38)35(29(26)37)24-9-7-22(31)8-10-24)19(2)34(18)23-11-13-25(14-12-23)39-17-20-5-3-4-6-27(20)32/h3-16H,17H2,1-2H3,(H,33,36,38)/b26-16+. The lowest BCUT2D eigenvalue weighted by atomic mass is 10.1. The third-order valence-electron chi connectivity index (χ3n) is 6.40. The van der Waals surface area contributed by atoms with Gasteiger partial charge < -0.3 is 9.30 Å². The summed E-state index contributed by atoms with van der Waals surface area (Å²) in [6.07, 6.45) is 1.48. The Labute approximate surface area is 229 Å². The van der Waals surface area contributed by atoms with Crippen molar-refractivity contribution >= 4 is 41.2 Å². The van der Waals surface area contributed by atoms with E-state index in [4.69, 9.17) is 16.3 Å². The smallest absolute Gasteiger partial charge is 0.335 e. The van der Waals surface area contributed by atoms with Crippen molar-refractivity contribution in [3.8, 4) is 11.4 Å². The molecule has 39 heavy (non-hydrogen) atoms. The molecule has 0 spiro atoms. The highest BCUT2D eigenvalue weighted by atomic mass is 35.5. The number of hydrogen-bond acceptors (Lipinski definition) is 4. The number of nitrogens with one attached hydrogen (secondary N) is 1. The van der Waals surface area contributed by atoms with Gasteiger partial charge in [0, 0.05) is 27.7 Å². The van der Waals surface area contributed by atoms with Gasteiger partial charge in [-0.1, -0.05) is 29.8 Å². The Morgan fingerprint density at radius 3 is 2.28 bits per heavy atom. The van der Waals surface area contributed by atoms with Crippen LogP contribution in [-0.2, 0) is 16.2 Å². The lowest BCUT2D eigenvalue weighted by Crippen LogP contribution is -2.54. The summed E-state index contributed by atoms with van der Waals surface area (Å²) < 4.78 is 21.6. The van der Waals surface area contributed by atoms with Gasteiger partial charge in [-0.15, -0.1) is 0 Å². The molecule has 0 aliphatic carbocycles. The first-order valence-corrected chi connectivity index (χ1v) is 12.4. The van der Waals surface area contributed by atoms with Crippen LogP contribution in [0.1, 0.15) is 22.5 Å². The van der Waals surface area contributed by atoms with Gasteiger partial charge in [-0.25, -0.2) is 14.1 Å². The molecular formula is C30H23ClFN3O4. The first kappa shape index (κ1) is 25.9. The van der Waals surface area contributed by atoms with Crippen molar-refractivity contribution in [1.29, 1.82) is 0 Å². The van der Waals surface area contributed by atoms with Crippen LogP contribution in [0, 0.1) is 19.7 Å². The van der Waals surface area contributed by atoms with Gasteiger partial charge in [0.1, 0.15) is 23.7 Å². The van der Waals surface area contributed by atoms with Gasteiger partial charge in [0.2, 0.25) is 0 Å². The summed E-state index contributed by atoms with van der Waals surface area (Å²) >= 11 is 5.93. The van der Waals surface area contributed by atoms with Gasteiger partial charge in [0.25, 0.3) is 11.8 Å². The van der Waals surface area contributed by atoms with E-state index in [1.807, 2.05) is 36.6 Å². The second kappa shape index (κ2) is 10.6. The zero-order valence-corrected chi connectivity index (χ0v) is 21.8. The first-order chi connectivity index (χ1) is 18.7. The van der Waals surface area contributed by atoms with Gasteiger partial charge >= 0.3 is 6.03 Å². The van der Waals surface area contributed by atoms with Gasteiger partial charge in [-0.05, 0) is 86.2 Å². The van der Waals surface area contributed by atoms with Crippen molar-refractivity contribution in [3.63, 3.8) is 0 Å². The van der Waals surface area contributed by atoms with Crippen LogP contribution in [0.4, 0.5) is 14.9 Å². The number of halogens is 2. The molecule has 0 bridgehead atoms. The van der Waals surface area contributed by atoms with Crippen molar-refractivity contribution in [2.24, 2.45) is 0 Å². The Morgan fingerprint density at radius 2 is 1.59 bits per heavy atom. The molecule has 1 saturated heterocycles. The number of imide groups is 2. The molecule has 3 aromatic carbocycles. The molecule has 1 aliphatic heterocycles. The number of rotatable bonds is 6. The number of amides is 4. The van der Waals surface area contributed by atoms with Crippen molar-refractivity contribution in [3.05, 3.63) is 118 Å². The number of benzene rings is 3. The quantitative estimate of drug-likeness (QED) is 0.234. The lowest BCUT2D eigenvalue weighted by Gasteiger charge is -2.26. The maximum Gasteiger partial charge on any atom is 0.335 e. The highest BCUT2D eigenvalue weighted by Gasteiger charge is 2.37. The van der Waals surface area contributed by atoms with Crippen molar-refractivity contribution in [2.75, 3.05) is 4.90 Å². The van der Waals surface area contributed by atoms with E-state index in [-0.39, 0.29) is 18.0 Å². The minimum Gasteiger partial charge on any atom is -0.489 e. The normalized spacial score (nSPS) is 14.6. The molecule has 0 saturated carbocycles. The predicted octanol–water partition coefficient (Wildman–Crippen LogP) is 6.13. The van der Waals surface area contributed by atoms with E-state index in [0.717, 1.165) is 22.0 Å². The summed E-state index contributed by atoms with van der Waals surface area (Å²) in [4.78, 5) is 39.2. The molecule has 7 nitrogen and oxygen atoms in total. The molecule has 1 aliphatic rings. The average molecular weight is 544 g/mol. The summed E-state index contributed by atoms with van der Waals surface area (Å²) in [5.74, 6) is -1.23. The number of urea groups is 1. The number of anilines is 1. The second-order valence-electron chi connectivity index (χ2n) is 8.97. The van der Waals surface area contributed by atoms with Crippen LogP contribution >= 0.6 is 11.6 Å². The number of nitrogens with zero attached hydrogens (tertiary/aromatic N) is 2. The van der Waals surface area contributed by atoms with Crippen LogP contribution in [0.3, 0.4) is 0 Å². The number of ether oxygens (including phenoxy) is 1. The molecular weight excluding hydrogens is 521 g/mol. The SMILES string of the molecule is Cc1cc(/C=C2\C(=O)NC(=O)N(c3ccc(Cl)cc3)C2=O)c(C)n1-c1ccc(OCc2ccccc2F)cc1. The van der Waals surface area contributed by atoms with E-state index in [1.54, 1.807) is 42.5 Å². The molecule has 0 radical (unpaired) electrons. The highest BCUT2D eigenvalue weighted by molar-refractivity contribution is 6.39. The second-order valence-corrected chi connectivity index (χ2v) is 9.41. The largest absolute Gasteiger partial charge is 0.489 e. The van der Waals surface area contributed by atoms with Crippen LogP contribution in [0.5, 0.6) is 5.75 Å². The minimum atomic E-state index is -0.827. The number of aromatic nitrogens is 1. The third kappa shape index (κ3) is 5.19. The van der Waals surface area contributed by atoms with E-state index < -0.39 is 17.8 Å². The monoisotopic (exact) mass is 543 g/mol. The predicted molar refractivity (Wildman–Crippen MR) is 146 cm³/mol. The number of carbonyl (C=O) groups is 3. The van der Waals surface area contributed by atoms with Crippen molar-refractivity contribution in [2.45, 2.75) is 20.5 Å². The Balaban J connectivity index is 1.40. The van der Waals surface area contributed by atoms with Gasteiger partial charge in [0.15, 0.2) is 0 Å². The molecule has 1 N–H and O–H groups in total. The van der Waals surface area contributed by atoms with E-state index in [0.29, 0.717) is 27.6 Å². The van der Waals surface area contributed by atoms with Crippen LogP contribution in [0.2, 0.25) is 5.02 Å². The first-order valence-electron chi connectivity index (χ1n) is 12.1. The highest BCUT2D eigenvalue weighted by Crippen LogP contribution is 2.27. The summed E-state index contributed by atoms with van der Waals surface area (Å²) in [6.45, 7) is 3.89. The van der Waals surface area contributed by atoms with Gasteiger partial charge in [0.05, 0.1) is 5.69 Å². The van der Waals surface area contributed by atoms with E-state index in [1.165, 1.54) is 24.3 Å². The lowest BCUT2D eigenvalue weighted by molar-refractivity contribution is -0.122. The summed E-state index contributed by atoms with van der Waals surface area (Å²) in [5.41, 5.74) is 3.74. The molecule has 1 aromatic heterocycles. The van der Waals surface area contributed by atoms with E-state index in [2.05, 4.69) is 5.32 Å². The Kier molecular flexibility index (Phi) is 7.04. The number of carbonyl (C=O) groups excluding carboxylic acids is 3. The molecule has 9 heteroatoms. The Hall–Kier alpha value is -4.69. The van der Waals surface area contributed by atoms with Gasteiger partial charge in [-0.3, -0.25) is 14.9 Å². The number of hydrogen-bond donors (Lipinski definition) is 1. The van der Waals surface area contributed by atoms with Crippen LogP contribution in [-0.4, -0.2) is 22.4 Å². The Morgan fingerprint density at radius 1 is 0.923 bits per heavy atom. The minimum absolute atomic E-state index is 0.108. The average Bonchev–Trinajstić information content (AvgIpc) is 3.19. The van der Waals surface area contributed by atoms with Crippen LogP contribution < -0.4 is 15.0 Å². The topological polar surface area (TPSA) is 80.6 Å². The van der Waals surface area contributed by atoms with Gasteiger partial charge in [-0.2, -0.15) is 0 Å². The van der Waals surface area contributed by atoms with Crippen molar-refractivity contribution < 1.29 is 23.5 Å². The summed E-state index contributed by atoms with van der Waals surface area (Å²) in [7, 11) is 0. The zero-order valence-electron chi connectivity index (χ0n) is 21.1. The fourth-order valence-electron chi connectivity index (χ4n) is 4.44. The van der Waals surface area contributed by atoms with Crippen LogP contribution in [0.25, 0.3) is 11.8 Å². The number of aryl methyl sites for hydroxylation is 1. The fraction of sp³-hybridized carbons (Fsp3) is 0.100. The van der Waals surface area contributed by atoms with Crippen LogP contribution in [0.15, 0.2) is 84.4 Å². The molecule has 2 heterocycles. The number of barbiturate groups is 1. The maximum absolute atomic E-state index is 13.9. The molecule has 5 rings (SSSR count). The zero-order chi connectivity index (χ0) is 27.7. The summed E-state index contributed by atoms with van der Waals surface area (Å²) in [6, 6.07) is 21.0. The fourth-order valence-corrected chi connectivity index (χ4v) is 4.56. The van der Waals surface area contributed by atoms with Crippen molar-refractivity contribution in [1.82, 2.24) is 9.88 Å². The third-order valence-corrected chi connectivity index (χ3v) is 6.66. The molecule has 4 amide bonds. The molecule has 4 aromatic rings. The molecule has 0 unspecified atom stereocenters. The molecule has 1 fully saturated rings. The van der Waals surface area contributed by atoms with E-state index >= 15 is 0 Å². The van der Waals surface area contributed by atoms with E-state index in [9.17, 15) is 18.8 Å².